The zero-order valence-corrected chi connectivity index (χ0v) is 12.6. The fourth-order valence-electron chi connectivity index (χ4n) is 1.68. The fourth-order valence-corrected chi connectivity index (χ4v) is 1.68. The number of unbranched alkanes of at least 4 members (excludes halogenated alkanes) is 1. The van der Waals surface area contributed by atoms with Gasteiger partial charge in [0.05, 0.1) is 13.0 Å². The molecule has 0 radical (unpaired) electrons. The van der Waals surface area contributed by atoms with E-state index in [2.05, 4.69) is 17.8 Å². The van der Waals surface area contributed by atoms with E-state index in [9.17, 15) is 9.59 Å². The van der Waals surface area contributed by atoms with Crippen molar-refractivity contribution in [3.8, 4) is 0 Å². The van der Waals surface area contributed by atoms with E-state index in [-0.39, 0.29) is 18.2 Å². The van der Waals surface area contributed by atoms with Crippen LogP contribution >= 0.6 is 0 Å². The molecule has 1 rings (SSSR count). The van der Waals surface area contributed by atoms with Gasteiger partial charge >= 0.3 is 0 Å². The molecule has 5 heteroatoms. The molecule has 1 aromatic carbocycles. The van der Waals surface area contributed by atoms with Crippen LogP contribution in [0, 0.1) is 0 Å². The Hall–Kier alpha value is -1.88. The highest BCUT2D eigenvalue weighted by Gasteiger charge is 2.05. The molecule has 21 heavy (non-hydrogen) atoms. The van der Waals surface area contributed by atoms with Gasteiger partial charge in [0, 0.05) is 13.0 Å². The Balaban J connectivity index is 2.05. The van der Waals surface area contributed by atoms with E-state index < -0.39 is 0 Å². The number of benzene rings is 1. The first-order valence-corrected chi connectivity index (χ1v) is 7.41. The van der Waals surface area contributed by atoms with E-state index in [1.165, 1.54) is 0 Å². The largest absolute Gasteiger partial charge is 0.381 e. The minimum atomic E-state index is -0.237. The first-order valence-electron chi connectivity index (χ1n) is 7.41. The van der Waals surface area contributed by atoms with Crippen molar-refractivity contribution in [2.24, 2.45) is 0 Å². The summed E-state index contributed by atoms with van der Waals surface area (Å²) in [5.41, 5.74) is 5.90. The van der Waals surface area contributed by atoms with Gasteiger partial charge in [0.15, 0.2) is 0 Å². The van der Waals surface area contributed by atoms with Gasteiger partial charge in [0.25, 0.3) is 0 Å². The summed E-state index contributed by atoms with van der Waals surface area (Å²) in [7, 11) is 0. The number of ether oxygens (including phenoxy) is 1. The molecule has 2 N–H and O–H groups in total. The standard InChI is InChI=1S/C16H24N2O3/c1-2-3-12-21-13-11-16(20)18-17-15(19)10-9-14-7-5-4-6-8-14/h4-8H,2-3,9-13H2,1H3,(H,17,19)(H,18,20). The molecular formula is C16H24N2O3. The highest BCUT2D eigenvalue weighted by atomic mass is 16.5. The number of hydrazine groups is 1. The Morgan fingerprint density at radius 3 is 2.33 bits per heavy atom. The number of hydrogen-bond acceptors (Lipinski definition) is 3. The molecule has 0 saturated heterocycles. The number of carbonyl (C=O) groups is 2. The molecule has 0 unspecified atom stereocenters. The van der Waals surface area contributed by atoms with Gasteiger partial charge in [-0.1, -0.05) is 43.7 Å². The van der Waals surface area contributed by atoms with E-state index in [1.54, 1.807) is 0 Å². The highest BCUT2D eigenvalue weighted by Crippen LogP contribution is 2.01. The lowest BCUT2D eigenvalue weighted by Gasteiger charge is -2.07. The molecule has 2 amide bonds. The molecule has 0 heterocycles. The van der Waals surface area contributed by atoms with Crippen LogP contribution in [-0.2, 0) is 20.7 Å². The lowest BCUT2D eigenvalue weighted by Crippen LogP contribution is -2.42. The van der Waals surface area contributed by atoms with Crippen LogP contribution in [0.3, 0.4) is 0 Å². The van der Waals surface area contributed by atoms with Crippen LogP contribution in [0.5, 0.6) is 0 Å². The number of carbonyl (C=O) groups excluding carboxylic acids is 2. The molecule has 0 aliphatic rings. The van der Waals surface area contributed by atoms with Crippen LogP contribution in [0.4, 0.5) is 0 Å². The van der Waals surface area contributed by atoms with E-state index >= 15 is 0 Å². The Kier molecular flexibility index (Phi) is 8.88. The molecule has 0 aliphatic carbocycles. The Bertz CT molecular complexity index is 421. The summed E-state index contributed by atoms with van der Waals surface area (Å²) >= 11 is 0. The van der Waals surface area contributed by atoms with E-state index in [4.69, 9.17) is 4.74 Å². The zero-order valence-electron chi connectivity index (χ0n) is 12.6. The first-order chi connectivity index (χ1) is 10.2. The van der Waals surface area contributed by atoms with E-state index in [0.29, 0.717) is 26.1 Å². The second-order valence-corrected chi connectivity index (χ2v) is 4.80. The molecule has 116 valence electrons. The molecule has 0 fully saturated rings. The Labute approximate surface area is 126 Å². The lowest BCUT2D eigenvalue weighted by molar-refractivity contribution is -0.129. The molecule has 0 bridgehead atoms. The van der Waals surface area contributed by atoms with Crippen molar-refractivity contribution in [1.29, 1.82) is 0 Å². The van der Waals surface area contributed by atoms with Crippen LogP contribution in [0.15, 0.2) is 30.3 Å². The smallest absolute Gasteiger partial charge is 0.240 e. The third-order valence-electron chi connectivity index (χ3n) is 2.94. The van der Waals surface area contributed by atoms with E-state index in [0.717, 1.165) is 18.4 Å². The van der Waals surface area contributed by atoms with Crippen molar-refractivity contribution in [1.82, 2.24) is 10.9 Å². The topological polar surface area (TPSA) is 67.4 Å². The summed E-state index contributed by atoms with van der Waals surface area (Å²) < 4.78 is 5.28. The van der Waals surface area contributed by atoms with E-state index in [1.807, 2.05) is 30.3 Å². The summed E-state index contributed by atoms with van der Waals surface area (Å²) in [5.74, 6) is -0.432. The molecule has 0 spiro atoms. The number of rotatable bonds is 9. The van der Waals surface area contributed by atoms with Gasteiger partial charge in [-0.25, -0.2) is 0 Å². The SMILES string of the molecule is CCCCOCCC(=O)NNC(=O)CCc1ccccc1. The number of aryl methyl sites for hydroxylation is 1. The van der Waals surface area contributed by atoms with Crippen molar-refractivity contribution in [3.63, 3.8) is 0 Å². The second kappa shape index (κ2) is 10.9. The maximum atomic E-state index is 11.6. The quantitative estimate of drug-likeness (QED) is 0.540. The van der Waals surface area contributed by atoms with Gasteiger partial charge in [-0.05, 0) is 18.4 Å². The van der Waals surface area contributed by atoms with Crippen LogP contribution < -0.4 is 10.9 Å². The van der Waals surface area contributed by atoms with Crippen molar-refractivity contribution in [3.05, 3.63) is 35.9 Å². The van der Waals surface area contributed by atoms with Crippen molar-refractivity contribution in [2.45, 2.75) is 39.0 Å². The van der Waals surface area contributed by atoms with Crippen molar-refractivity contribution < 1.29 is 14.3 Å². The average Bonchev–Trinajstić information content (AvgIpc) is 2.51. The van der Waals surface area contributed by atoms with Crippen molar-refractivity contribution in [2.75, 3.05) is 13.2 Å². The molecule has 1 aromatic rings. The summed E-state index contributed by atoms with van der Waals surface area (Å²) in [6.45, 7) is 3.14. The third kappa shape index (κ3) is 8.81. The number of hydrogen-bond donors (Lipinski definition) is 2. The van der Waals surface area contributed by atoms with Gasteiger partial charge in [0.2, 0.25) is 11.8 Å². The minimum absolute atomic E-state index is 0.195. The van der Waals surface area contributed by atoms with Gasteiger partial charge in [0.1, 0.15) is 0 Å². The number of amides is 2. The molecule has 0 atom stereocenters. The zero-order chi connectivity index (χ0) is 15.3. The van der Waals surface area contributed by atoms with Crippen molar-refractivity contribution >= 4 is 11.8 Å². The van der Waals surface area contributed by atoms with Crippen LogP contribution in [0.1, 0.15) is 38.2 Å². The van der Waals surface area contributed by atoms with Crippen LogP contribution in [-0.4, -0.2) is 25.0 Å². The lowest BCUT2D eigenvalue weighted by atomic mass is 10.1. The molecule has 5 nitrogen and oxygen atoms in total. The van der Waals surface area contributed by atoms with Gasteiger partial charge in [-0.2, -0.15) is 0 Å². The normalized spacial score (nSPS) is 10.1. The van der Waals surface area contributed by atoms with Gasteiger partial charge in [-0.3, -0.25) is 20.4 Å². The number of nitrogens with one attached hydrogen (secondary N) is 2. The molecule has 0 saturated carbocycles. The fraction of sp³-hybridized carbons (Fsp3) is 0.500. The average molecular weight is 292 g/mol. The van der Waals surface area contributed by atoms with Crippen LogP contribution in [0.2, 0.25) is 0 Å². The summed E-state index contributed by atoms with van der Waals surface area (Å²) in [6, 6.07) is 9.76. The third-order valence-corrected chi connectivity index (χ3v) is 2.94. The molecule has 0 aliphatic heterocycles. The summed E-state index contributed by atoms with van der Waals surface area (Å²) in [6.07, 6.45) is 3.32. The first kappa shape index (κ1) is 17.2. The minimum Gasteiger partial charge on any atom is -0.381 e. The Morgan fingerprint density at radius 2 is 1.67 bits per heavy atom. The Morgan fingerprint density at radius 1 is 1.00 bits per heavy atom. The summed E-state index contributed by atoms with van der Waals surface area (Å²) in [4.78, 5) is 23.0. The summed E-state index contributed by atoms with van der Waals surface area (Å²) in [5, 5.41) is 0. The maximum Gasteiger partial charge on any atom is 0.240 e. The van der Waals surface area contributed by atoms with Gasteiger partial charge < -0.3 is 4.74 Å². The second-order valence-electron chi connectivity index (χ2n) is 4.80. The predicted molar refractivity (Wildman–Crippen MR) is 81.4 cm³/mol. The predicted octanol–water partition coefficient (Wildman–Crippen LogP) is 1.97. The molecule has 0 aromatic heterocycles. The van der Waals surface area contributed by atoms with Gasteiger partial charge in [-0.15, -0.1) is 0 Å². The van der Waals surface area contributed by atoms with Crippen LogP contribution in [0.25, 0.3) is 0 Å². The monoisotopic (exact) mass is 292 g/mol. The highest BCUT2D eigenvalue weighted by molar-refractivity contribution is 5.82. The maximum absolute atomic E-state index is 11.6. The molecular weight excluding hydrogens is 268 g/mol.